The van der Waals surface area contributed by atoms with Crippen LogP contribution in [0.2, 0.25) is 0 Å². The molecule has 0 unspecified atom stereocenters. The molecule has 2 N–H and O–H groups in total. The maximum atomic E-state index is 13.5. The zero-order valence-electron chi connectivity index (χ0n) is 16.0. The van der Waals surface area contributed by atoms with Crippen molar-refractivity contribution >= 4 is 29.9 Å². The lowest BCUT2D eigenvalue weighted by molar-refractivity contribution is 0.153. The lowest BCUT2D eigenvalue weighted by Gasteiger charge is -2.24. The van der Waals surface area contributed by atoms with Crippen molar-refractivity contribution in [3.63, 3.8) is 0 Å². The monoisotopic (exact) mass is 475 g/mol. The van der Waals surface area contributed by atoms with Crippen LogP contribution in [0.4, 0.5) is 4.39 Å². The molecule has 0 aliphatic carbocycles. The summed E-state index contributed by atoms with van der Waals surface area (Å²) in [6, 6.07) is 6.77. The van der Waals surface area contributed by atoms with Crippen molar-refractivity contribution in [3.8, 4) is 0 Å². The van der Waals surface area contributed by atoms with Gasteiger partial charge in [-0.1, -0.05) is 37.6 Å². The van der Waals surface area contributed by atoms with Crippen LogP contribution < -0.4 is 10.6 Å². The maximum Gasteiger partial charge on any atom is 0.191 e. The highest BCUT2D eigenvalue weighted by Crippen LogP contribution is 2.24. The Morgan fingerprint density at radius 1 is 1.31 bits per heavy atom. The molecule has 26 heavy (non-hydrogen) atoms. The van der Waals surface area contributed by atoms with Crippen molar-refractivity contribution in [1.29, 1.82) is 0 Å². The Morgan fingerprint density at radius 2 is 2.12 bits per heavy atom. The first-order chi connectivity index (χ1) is 12.0. The normalized spacial score (nSPS) is 15.1. The molecule has 6 heteroatoms. The number of rotatable bonds is 7. The fraction of sp³-hybridized carbons (Fsp3) is 0.550. The number of ether oxygens (including phenoxy) is 1. The molecule has 0 atom stereocenters. The van der Waals surface area contributed by atoms with Gasteiger partial charge < -0.3 is 15.4 Å². The van der Waals surface area contributed by atoms with E-state index in [-0.39, 0.29) is 35.2 Å². The van der Waals surface area contributed by atoms with E-state index in [0.717, 1.165) is 50.7 Å². The molecular formula is C20H31FIN3O. The van der Waals surface area contributed by atoms with E-state index in [9.17, 15) is 4.39 Å². The molecule has 0 bridgehead atoms. The van der Waals surface area contributed by atoms with Gasteiger partial charge in [-0.15, -0.1) is 24.0 Å². The number of benzene rings is 1. The summed E-state index contributed by atoms with van der Waals surface area (Å²) in [6.45, 7) is 10.0. The van der Waals surface area contributed by atoms with Crippen molar-refractivity contribution in [3.05, 3.63) is 47.3 Å². The molecule has 1 heterocycles. The summed E-state index contributed by atoms with van der Waals surface area (Å²) in [5.41, 5.74) is 2.17. The van der Waals surface area contributed by atoms with E-state index in [1.54, 1.807) is 12.1 Å². The van der Waals surface area contributed by atoms with E-state index in [0.29, 0.717) is 6.54 Å². The van der Waals surface area contributed by atoms with E-state index >= 15 is 0 Å². The van der Waals surface area contributed by atoms with Crippen molar-refractivity contribution in [2.45, 2.75) is 39.0 Å². The number of hydrogen-bond donors (Lipinski definition) is 2. The lowest BCUT2D eigenvalue weighted by Crippen LogP contribution is -2.39. The first kappa shape index (κ1) is 22.9. The summed E-state index contributed by atoms with van der Waals surface area (Å²) in [7, 11) is 0. The van der Waals surface area contributed by atoms with Crippen molar-refractivity contribution in [1.82, 2.24) is 10.6 Å². The minimum absolute atomic E-state index is 0. The van der Waals surface area contributed by atoms with E-state index in [4.69, 9.17) is 9.73 Å². The van der Waals surface area contributed by atoms with Crippen LogP contribution in [0.1, 0.15) is 39.2 Å². The largest absolute Gasteiger partial charge is 0.377 e. The third kappa shape index (κ3) is 7.61. The van der Waals surface area contributed by atoms with Gasteiger partial charge in [-0.25, -0.2) is 4.39 Å². The highest BCUT2D eigenvalue weighted by Gasteiger charge is 2.21. The molecule has 0 saturated carbocycles. The number of halogens is 2. The van der Waals surface area contributed by atoms with Gasteiger partial charge in [-0.2, -0.15) is 0 Å². The molecule has 0 spiro atoms. The number of hydrogen-bond acceptors (Lipinski definition) is 2. The topological polar surface area (TPSA) is 45.7 Å². The van der Waals surface area contributed by atoms with Gasteiger partial charge in [0.05, 0.1) is 19.8 Å². The quantitative estimate of drug-likeness (QED) is 0.271. The van der Waals surface area contributed by atoms with Gasteiger partial charge >= 0.3 is 0 Å². The van der Waals surface area contributed by atoms with E-state index in [1.807, 2.05) is 6.07 Å². The number of nitrogens with one attached hydrogen (secondary N) is 2. The molecule has 0 aromatic heterocycles. The first-order valence-electron chi connectivity index (χ1n) is 9.05. The van der Waals surface area contributed by atoms with Gasteiger partial charge in [-0.05, 0) is 37.5 Å². The highest BCUT2D eigenvalue weighted by atomic mass is 127. The summed E-state index contributed by atoms with van der Waals surface area (Å²) in [5, 5.41) is 6.66. The van der Waals surface area contributed by atoms with E-state index in [2.05, 4.69) is 37.5 Å². The second-order valence-corrected chi connectivity index (χ2v) is 6.95. The summed E-state index contributed by atoms with van der Waals surface area (Å²) < 4.78 is 18.8. The Bertz CT molecular complexity index is 617. The molecule has 0 fully saturated rings. The second-order valence-electron chi connectivity index (χ2n) is 6.95. The van der Waals surface area contributed by atoms with Crippen LogP contribution in [0.5, 0.6) is 0 Å². The van der Waals surface area contributed by atoms with Crippen LogP contribution in [0.3, 0.4) is 0 Å². The highest BCUT2D eigenvalue weighted by molar-refractivity contribution is 14.0. The molecule has 4 nitrogen and oxygen atoms in total. The van der Waals surface area contributed by atoms with E-state index < -0.39 is 0 Å². The van der Waals surface area contributed by atoms with Crippen molar-refractivity contribution < 1.29 is 9.13 Å². The molecular weight excluding hydrogens is 444 g/mol. The van der Waals surface area contributed by atoms with Crippen LogP contribution in [0.25, 0.3) is 0 Å². The minimum atomic E-state index is -0.228. The number of guanidine groups is 1. The van der Waals surface area contributed by atoms with Gasteiger partial charge in [0.1, 0.15) is 5.82 Å². The molecule has 146 valence electrons. The average molecular weight is 475 g/mol. The minimum Gasteiger partial charge on any atom is -0.377 e. The van der Waals surface area contributed by atoms with Crippen LogP contribution >= 0.6 is 24.0 Å². The molecule has 2 rings (SSSR count). The molecule has 0 radical (unpaired) electrons. The van der Waals surface area contributed by atoms with Crippen LogP contribution in [-0.2, 0) is 10.2 Å². The van der Waals surface area contributed by atoms with Crippen molar-refractivity contribution in [2.75, 3.05) is 32.8 Å². The maximum absolute atomic E-state index is 13.5. The zero-order valence-corrected chi connectivity index (χ0v) is 18.3. The van der Waals surface area contributed by atoms with Crippen LogP contribution in [0.15, 0.2) is 40.9 Å². The van der Waals surface area contributed by atoms with Gasteiger partial charge in [-0.3, -0.25) is 4.99 Å². The standard InChI is InChI=1S/C20H30FN3O.HI/c1-4-22-19(23-11-8-16-9-12-25-13-10-16)24-15-20(2,3)17-6-5-7-18(21)14-17;/h5-7,9,14H,4,8,10-13,15H2,1-3H3,(H2,22,23,24);1H. The Kier molecular flexibility index (Phi) is 10.2. The van der Waals surface area contributed by atoms with Crippen LogP contribution in [0, 0.1) is 5.82 Å². The second kappa shape index (κ2) is 11.5. The average Bonchev–Trinajstić information content (AvgIpc) is 2.61. The molecule has 1 aliphatic heterocycles. The third-order valence-corrected chi connectivity index (χ3v) is 4.38. The third-order valence-electron chi connectivity index (χ3n) is 4.38. The molecule has 0 saturated heterocycles. The van der Waals surface area contributed by atoms with Gasteiger partial charge in [0.15, 0.2) is 5.96 Å². The van der Waals surface area contributed by atoms with Gasteiger partial charge in [0.2, 0.25) is 0 Å². The predicted molar refractivity (Wildman–Crippen MR) is 117 cm³/mol. The summed E-state index contributed by atoms with van der Waals surface area (Å²) in [6.07, 6.45) is 4.19. The van der Waals surface area contributed by atoms with Gasteiger partial charge in [0, 0.05) is 18.5 Å². The lowest BCUT2D eigenvalue weighted by atomic mass is 9.85. The van der Waals surface area contributed by atoms with Crippen LogP contribution in [-0.4, -0.2) is 38.8 Å². The Labute approximate surface area is 173 Å². The number of aliphatic imine (C=N–C) groups is 1. The van der Waals surface area contributed by atoms with E-state index in [1.165, 1.54) is 11.6 Å². The molecule has 0 amide bonds. The SMILES string of the molecule is CCNC(=NCC(C)(C)c1cccc(F)c1)NCCC1=CCOCC1.I. The summed E-state index contributed by atoms with van der Waals surface area (Å²) in [5.74, 6) is 0.601. The Morgan fingerprint density at radius 3 is 2.77 bits per heavy atom. The molecule has 1 aliphatic rings. The Hall–Kier alpha value is -1.15. The summed E-state index contributed by atoms with van der Waals surface area (Å²) in [4.78, 5) is 4.70. The van der Waals surface area contributed by atoms with Crippen molar-refractivity contribution in [2.24, 2.45) is 4.99 Å². The molecule has 1 aromatic rings. The molecule has 1 aromatic carbocycles. The fourth-order valence-electron chi connectivity index (χ4n) is 2.75. The number of nitrogens with zero attached hydrogens (tertiary/aromatic N) is 1. The van der Waals surface area contributed by atoms with Gasteiger partial charge in [0.25, 0.3) is 0 Å². The predicted octanol–water partition coefficient (Wildman–Crippen LogP) is 4.01. The smallest absolute Gasteiger partial charge is 0.191 e. The fourth-order valence-corrected chi connectivity index (χ4v) is 2.75. The first-order valence-corrected chi connectivity index (χ1v) is 9.05. The zero-order chi connectivity index (χ0) is 18.1. The Balaban J connectivity index is 0.00000338. The summed E-state index contributed by atoms with van der Waals surface area (Å²) >= 11 is 0.